The summed E-state index contributed by atoms with van der Waals surface area (Å²) in [5, 5.41) is 11.6. The zero-order valence-electron chi connectivity index (χ0n) is 16.3. The number of aromatic nitrogens is 2. The second-order valence-corrected chi connectivity index (χ2v) is 7.80. The Kier molecular flexibility index (Phi) is 5.85. The molecule has 1 aromatic heterocycles. The van der Waals surface area contributed by atoms with Gasteiger partial charge in [0.2, 0.25) is 0 Å². The second-order valence-electron chi connectivity index (χ2n) is 7.37. The van der Waals surface area contributed by atoms with Crippen LogP contribution in [0.2, 0.25) is 5.02 Å². The molecule has 0 bridgehead atoms. The van der Waals surface area contributed by atoms with Crippen LogP contribution in [0.5, 0.6) is 0 Å². The fraction of sp³-hybridized carbons (Fsp3) is 0.318. The Balaban J connectivity index is 1.50. The molecule has 29 heavy (non-hydrogen) atoms. The van der Waals surface area contributed by atoms with E-state index in [9.17, 15) is 9.50 Å². The van der Waals surface area contributed by atoms with E-state index in [0.29, 0.717) is 30.2 Å². The molecule has 1 aliphatic rings. The number of imidazole rings is 1. The van der Waals surface area contributed by atoms with E-state index in [-0.39, 0.29) is 5.82 Å². The molecular weight excluding hydrogens is 391 g/mol. The van der Waals surface area contributed by atoms with Crippen LogP contribution in [0.15, 0.2) is 54.9 Å². The lowest BCUT2D eigenvalue weighted by atomic mass is 10.0. The number of benzene rings is 2. The first-order valence-electron chi connectivity index (χ1n) is 9.68. The molecule has 1 N–H and O–H groups in total. The van der Waals surface area contributed by atoms with E-state index in [4.69, 9.17) is 11.6 Å². The number of para-hydroxylation sites is 1. The molecule has 1 unspecified atom stereocenters. The normalized spacial score (nSPS) is 16.2. The number of anilines is 1. The standard InChI is InChI=1S/C22H24ClFN4O/c1-26-10-9-25-22(26)21(29)18-3-2-4-19(24)20(18)28-13-11-27(12-14-28)15-16-5-7-17(23)8-6-16/h2-10,21,29H,11-15H2,1H3. The third kappa shape index (κ3) is 4.29. The van der Waals surface area contributed by atoms with Crippen molar-refractivity contribution < 1.29 is 9.50 Å². The van der Waals surface area contributed by atoms with Gasteiger partial charge in [0, 0.05) is 62.8 Å². The zero-order chi connectivity index (χ0) is 20.4. The predicted molar refractivity (Wildman–Crippen MR) is 113 cm³/mol. The van der Waals surface area contributed by atoms with Gasteiger partial charge in [-0.05, 0) is 23.8 Å². The number of rotatable bonds is 5. The average molecular weight is 415 g/mol. The van der Waals surface area contributed by atoms with E-state index in [2.05, 4.69) is 9.88 Å². The molecule has 152 valence electrons. The van der Waals surface area contributed by atoms with Crippen molar-refractivity contribution in [2.75, 3.05) is 31.1 Å². The fourth-order valence-electron chi connectivity index (χ4n) is 3.84. The number of piperazine rings is 1. The summed E-state index contributed by atoms with van der Waals surface area (Å²) in [7, 11) is 1.82. The summed E-state index contributed by atoms with van der Waals surface area (Å²) in [4.78, 5) is 8.59. The van der Waals surface area contributed by atoms with Crippen LogP contribution in [0.25, 0.3) is 0 Å². The number of hydrogen-bond acceptors (Lipinski definition) is 4. The van der Waals surface area contributed by atoms with Gasteiger partial charge in [-0.25, -0.2) is 9.37 Å². The summed E-state index contributed by atoms with van der Waals surface area (Å²) >= 11 is 5.96. The molecule has 0 aliphatic carbocycles. The summed E-state index contributed by atoms with van der Waals surface area (Å²) in [6.07, 6.45) is 2.42. The molecule has 1 aliphatic heterocycles. The molecule has 0 amide bonds. The lowest BCUT2D eigenvalue weighted by Crippen LogP contribution is -2.46. The molecule has 1 saturated heterocycles. The first kappa shape index (κ1) is 19.9. The number of aliphatic hydroxyl groups excluding tert-OH is 1. The van der Waals surface area contributed by atoms with Gasteiger partial charge in [-0.3, -0.25) is 4.90 Å². The lowest BCUT2D eigenvalue weighted by Gasteiger charge is -2.37. The van der Waals surface area contributed by atoms with Gasteiger partial charge >= 0.3 is 0 Å². The van der Waals surface area contributed by atoms with Crippen molar-refractivity contribution in [1.82, 2.24) is 14.5 Å². The minimum Gasteiger partial charge on any atom is -0.380 e. The van der Waals surface area contributed by atoms with Gasteiger partial charge < -0.3 is 14.6 Å². The molecule has 0 radical (unpaired) electrons. The Morgan fingerprint density at radius 3 is 2.48 bits per heavy atom. The maximum absolute atomic E-state index is 14.8. The predicted octanol–water partition coefficient (Wildman–Crippen LogP) is 3.62. The number of hydrogen-bond donors (Lipinski definition) is 1. The lowest BCUT2D eigenvalue weighted by molar-refractivity contribution is 0.205. The van der Waals surface area contributed by atoms with Crippen LogP contribution in [0.3, 0.4) is 0 Å². The van der Waals surface area contributed by atoms with Crippen LogP contribution in [-0.4, -0.2) is 45.7 Å². The Bertz CT molecular complexity index is 967. The maximum Gasteiger partial charge on any atom is 0.146 e. The van der Waals surface area contributed by atoms with Crippen molar-refractivity contribution in [2.24, 2.45) is 7.05 Å². The van der Waals surface area contributed by atoms with Crippen molar-refractivity contribution in [3.05, 3.63) is 82.6 Å². The molecule has 1 fully saturated rings. The molecule has 4 rings (SSSR count). The van der Waals surface area contributed by atoms with E-state index in [1.54, 1.807) is 29.1 Å². The van der Waals surface area contributed by atoms with Crippen molar-refractivity contribution in [3.63, 3.8) is 0 Å². The van der Waals surface area contributed by atoms with Gasteiger partial charge in [0.25, 0.3) is 0 Å². The van der Waals surface area contributed by atoms with Crippen molar-refractivity contribution in [1.29, 1.82) is 0 Å². The van der Waals surface area contributed by atoms with Crippen LogP contribution in [-0.2, 0) is 13.6 Å². The van der Waals surface area contributed by atoms with Gasteiger partial charge in [0.05, 0.1) is 5.69 Å². The highest BCUT2D eigenvalue weighted by Gasteiger charge is 2.26. The maximum atomic E-state index is 14.8. The molecule has 5 nitrogen and oxygen atoms in total. The summed E-state index contributed by atoms with van der Waals surface area (Å²) in [5.74, 6) is 0.181. The quantitative estimate of drug-likeness (QED) is 0.692. The third-order valence-electron chi connectivity index (χ3n) is 5.42. The highest BCUT2D eigenvalue weighted by molar-refractivity contribution is 6.30. The molecule has 2 heterocycles. The molecule has 0 spiro atoms. The molecule has 2 aromatic carbocycles. The van der Waals surface area contributed by atoms with Crippen LogP contribution in [0.4, 0.5) is 10.1 Å². The van der Waals surface area contributed by atoms with Crippen LogP contribution in [0.1, 0.15) is 23.1 Å². The summed E-state index contributed by atoms with van der Waals surface area (Å²) in [5.41, 5.74) is 2.22. The summed E-state index contributed by atoms with van der Waals surface area (Å²) in [6.45, 7) is 3.85. The minimum atomic E-state index is -0.979. The van der Waals surface area contributed by atoms with Gasteiger partial charge in [-0.1, -0.05) is 35.9 Å². The Labute approximate surface area is 175 Å². The number of aryl methyl sites for hydroxylation is 1. The van der Waals surface area contributed by atoms with E-state index in [1.165, 1.54) is 11.6 Å². The second kappa shape index (κ2) is 8.53. The third-order valence-corrected chi connectivity index (χ3v) is 5.68. The highest BCUT2D eigenvalue weighted by Crippen LogP contribution is 2.33. The average Bonchev–Trinajstić information content (AvgIpc) is 3.16. The Morgan fingerprint density at radius 2 is 1.83 bits per heavy atom. The van der Waals surface area contributed by atoms with E-state index < -0.39 is 6.10 Å². The van der Waals surface area contributed by atoms with Crippen LogP contribution < -0.4 is 4.90 Å². The van der Waals surface area contributed by atoms with E-state index in [0.717, 1.165) is 24.7 Å². The van der Waals surface area contributed by atoms with Gasteiger partial charge in [0.15, 0.2) is 0 Å². The smallest absolute Gasteiger partial charge is 0.146 e. The topological polar surface area (TPSA) is 44.5 Å². The van der Waals surface area contributed by atoms with E-state index >= 15 is 0 Å². The molecular formula is C22H24ClFN4O. The first-order valence-corrected chi connectivity index (χ1v) is 10.1. The number of aliphatic hydroxyl groups is 1. The van der Waals surface area contributed by atoms with Gasteiger partial charge in [-0.2, -0.15) is 0 Å². The highest BCUT2D eigenvalue weighted by atomic mass is 35.5. The fourth-order valence-corrected chi connectivity index (χ4v) is 3.97. The first-order chi connectivity index (χ1) is 14.0. The van der Waals surface area contributed by atoms with Crippen LogP contribution >= 0.6 is 11.6 Å². The SMILES string of the molecule is Cn1ccnc1C(O)c1cccc(F)c1N1CCN(Cc2ccc(Cl)cc2)CC1. The zero-order valence-corrected chi connectivity index (χ0v) is 17.1. The summed E-state index contributed by atoms with van der Waals surface area (Å²) < 4.78 is 16.6. The van der Waals surface area contributed by atoms with Gasteiger partial charge in [0.1, 0.15) is 17.7 Å². The Morgan fingerprint density at radius 1 is 1.10 bits per heavy atom. The molecule has 7 heteroatoms. The summed E-state index contributed by atoms with van der Waals surface area (Å²) in [6, 6.07) is 12.7. The minimum absolute atomic E-state index is 0.318. The van der Waals surface area contributed by atoms with E-state index in [1.807, 2.05) is 36.2 Å². The van der Waals surface area contributed by atoms with Crippen molar-refractivity contribution >= 4 is 17.3 Å². The number of nitrogens with zero attached hydrogens (tertiary/aromatic N) is 4. The van der Waals surface area contributed by atoms with Crippen molar-refractivity contribution in [3.8, 4) is 0 Å². The molecule has 1 atom stereocenters. The molecule has 0 saturated carbocycles. The van der Waals surface area contributed by atoms with Gasteiger partial charge in [-0.15, -0.1) is 0 Å². The number of halogens is 2. The monoisotopic (exact) mass is 414 g/mol. The van der Waals surface area contributed by atoms with Crippen LogP contribution in [0, 0.1) is 5.82 Å². The van der Waals surface area contributed by atoms with Crippen molar-refractivity contribution in [2.45, 2.75) is 12.6 Å². The largest absolute Gasteiger partial charge is 0.380 e. The Hall–Kier alpha value is -2.41. The molecule has 3 aromatic rings.